The monoisotopic (exact) mass is 495 g/mol. The van der Waals surface area contributed by atoms with Gasteiger partial charge >= 0.3 is 0 Å². The van der Waals surface area contributed by atoms with Crippen LogP contribution >= 0.6 is 11.3 Å². The zero-order valence-electron chi connectivity index (χ0n) is 19.8. The minimum atomic E-state index is -0.257. The summed E-state index contributed by atoms with van der Waals surface area (Å²) in [5, 5.41) is 9.58. The number of aromatic amines is 1. The third-order valence-electron chi connectivity index (χ3n) is 5.67. The molecule has 2 aromatic carbocycles. The van der Waals surface area contributed by atoms with Gasteiger partial charge in [-0.3, -0.25) is 14.6 Å². The molecule has 2 N–H and O–H groups in total. The predicted octanol–water partition coefficient (Wildman–Crippen LogP) is 5.48. The van der Waals surface area contributed by atoms with Crippen LogP contribution in [0.15, 0.2) is 89.0 Å². The lowest BCUT2D eigenvalue weighted by molar-refractivity contribution is -0.115. The molecule has 0 aliphatic heterocycles. The molecule has 0 aliphatic rings. The SMILES string of the molecule is CCCc1cc(=O)[nH]c(-n2nc(-c3cccs3)cc2NC(=O)Cc2ccc(-c3ccccc3)cc2)n1. The summed E-state index contributed by atoms with van der Waals surface area (Å²) in [5.74, 6) is 0.533. The lowest BCUT2D eigenvalue weighted by atomic mass is 10.0. The number of H-pyrrole nitrogens is 1. The molecular formula is C28H25N5O2S. The summed E-state index contributed by atoms with van der Waals surface area (Å²) < 4.78 is 1.49. The molecule has 0 spiro atoms. The minimum absolute atomic E-state index is 0.187. The molecular weight excluding hydrogens is 470 g/mol. The zero-order chi connectivity index (χ0) is 24.9. The Morgan fingerprint density at radius 2 is 1.78 bits per heavy atom. The van der Waals surface area contributed by atoms with Crippen LogP contribution in [0.2, 0.25) is 0 Å². The maximum Gasteiger partial charge on any atom is 0.252 e. The normalized spacial score (nSPS) is 10.9. The molecule has 0 aliphatic carbocycles. The maximum atomic E-state index is 13.0. The van der Waals surface area contributed by atoms with Crippen LogP contribution < -0.4 is 10.9 Å². The van der Waals surface area contributed by atoms with Crippen LogP contribution in [-0.2, 0) is 17.6 Å². The van der Waals surface area contributed by atoms with E-state index in [0.29, 0.717) is 23.6 Å². The molecule has 0 bridgehead atoms. The third-order valence-corrected chi connectivity index (χ3v) is 6.56. The number of nitrogens with zero attached hydrogens (tertiary/aromatic N) is 3. The van der Waals surface area contributed by atoms with Crippen LogP contribution in [0.3, 0.4) is 0 Å². The predicted molar refractivity (Wildman–Crippen MR) is 143 cm³/mol. The number of carbonyl (C=O) groups is 1. The Labute approximate surface area is 212 Å². The number of hydrogen-bond donors (Lipinski definition) is 2. The van der Waals surface area contributed by atoms with Gasteiger partial charge in [0.05, 0.1) is 11.3 Å². The van der Waals surface area contributed by atoms with Gasteiger partial charge in [-0.25, -0.2) is 4.98 Å². The minimum Gasteiger partial charge on any atom is -0.310 e. The highest BCUT2D eigenvalue weighted by atomic mass is 32.1. The molecule has 0 radical (unpaired) electrons. The fourth-order valence-corrected chi connectivity index (χ4v) is 4.65. The Morgan fingerprint density at radius 1 is 1.00 bits per heavy atom. The van der Waals surface area contributed by atoms with Gasteiger partial charge in [0.15, 0.2) is 0 Å². The topological polar surface area (TPSA) is 92.7 Å². The lowest BCUT2D eigenvalue weighted by Gasteiger charge is -2.09. The number of rotatable bonds is 8. The van der Waals surface area contributed by atoms with Gasteiger partial charge in [-0.2, -0.15) is 9.78 Å². The number of carbonyl (C=O) groups excluding carboxylic acids is 1. The number of thiophene rings is 1. The van der Waals surface area contributed by atoms with Gasteiger partial charge in [0, 0.05) is 17.8 Å². The number of benzene rings is 2. The number of aryl methyl sites for hydroxylation is 1. The van der Waals surface area contributed by atoms with E-state index in [2.05, 4.69) is 32.5 Å². The second kappa shape index (κ2) is 10.5. The average Bonchev–Trinajstić information content (AvgIpc) is 3.55. The first-order valence-corrected chi connectivity index (χ1v) is 12.7. The van der Waals surface area contributed by atoms with Crippen molar-refractivity contribution in [2.75, 3.05) is 5.32 Å². The van der Waals surface area contributed by atoms with Crippen molar-refractivity contribution < 1.29 is 4.79 Å². The van der Waals surface area contributed by atoms with Crippen molar-refractivity contribution in [1.29, 1.82) is 0 Å². The van der Waals surface area contributed by atoms with Crippen molar-refractivity contribution in [3.05, 3.63) is 106 Å². The maximum absolute atomic E-state index is 13.0. The van der Waals surface area contributed by atoms with E-state index in [-0.39, 0.29) is 23.8 Å². The van der Waals surface area contributed by atoms with E-state index < -0.39 is 0 Å². The standard InChI is InChI=1S/C28H25N5O2S/c1-2-7-22-17-27(35)31-28(29-22)33-25(18-23(32-33)24-10-6-15-36-24)30-26(34)16-19-11-13-21(14-12-19)20-8-4-3-5-9-20/h3-6,8-15,17-18H,2,7,16H2,1H3,(H,30,34)(H,29,31,35). The van der Waals surface area contributed by atoms with Crippen molar-refractivity contribution in [3.8, 4) is 27.6 Å². The fourth-order valence-electron chi connectivity index (χ4n) is 3.97. The van der Waals surface area contributed by atoms with Crippen molar-refractivity contribution in [3.63, 3.8) is 0 Å². The quantitative estimate of drug-likeness (QED) is 0.298. The van der Waals surface area contributed by atoms with Gasteiger partial charge < -0.3 is 5.32 Å². The molecule has 5 rings (SSSR count). The van der Waals surface area contributed by atoms with Crippen molar-refractivity contribution >= 4 is 23.1 Å². The molecule has 0 atom stereocenters. The van der Waals surface area contributed by atoms with E-state index in [1.54, 1.807) is 17.4 Å². The Hall–Kier alpha value is -4.30. The molecule has 180 valence electrons. The number of aromatic nitrogens is 4. The summed E-state index contributed by atoms with van der Waals surface area (Å²) in [6.45, 7) is 2.03. The van der Waals surface area contributed by atoms with Crippen molar-refractivity contribution in [1.82, 2.24) is 19.7 Å². The summed E-state index contributed by atoms with van der Waals surface area (Å²) in [4.78, 5) is 33.6. The van der Waals surface area contributed by atoms with E-state index in [9.17, 15) is 9.59 Å². The molecule has 0 saturated heterocycles. The highest BCUT2D eigenvalue weighted by molar-refractivity contribution is 7.13. The van der Waals surface area contributed by atoms with Crippen LogP contribution in [0.4, 0.5) is 5.82 Å². The van der Waals surface area contributed by atoms with Crippen LogP contribution in [0.5, 0.6) is 0 Å². The summed E-state index contributed by atoms with van der Waals surface area (Å²) in [6.07, 6.45) is 1.74. The van der Waals surface area contributed by atoms with Crippen LogP contribution in [0.1, 0.15) is 24.6 Å². The Bertz CT molecular complexity index is 1520. The van der Waals surface area contributed by atoms with E-state index in [0.717, 1.165) is 28.0 Å². The first-order chi connectivity index (χ1) is 17.6. The molecule has 0 fully saturated rings. The smallest absolute Gasteiger partial charge is 0.252 e. The Balaban J connectivity index is 1.40. The molecule has 8 heteroatoms. The van der Waals surface area contributed by atoms with Gasteiger partial charge in [0.25, 0.3) is 5.56 Å². The Morgan fingerprint density at radius 3 is 2.50 bits per heavy atom. The van der Waals surface area contributed by atoms with Crippen LogP contribution in [-0.4, -0.2) is 25.7 Å². The molecule has 1 amide bonds. The zero-order valence-corrected chi connectivity index (χ0v) is 20.6. The first-order valence-electron chi connectivity index (χ1n) is 11.8. The van der Waals surface area contributed by atoms with Gasteiger partial charge in [-0.1, -0.05) is 74.0 Å². The average molecular weight is 496 g/mol. The number of nitrogens with one attached hydrogen (secondary N) is 2. The van der Waals surface area contributed by atoms with E-state index in [1.165, 1.54) is 10.7 Å². The second-order valence-electron chi connectivity index (χ2n) is 8.40. The summed E-state index contributed by atoms with van der Waals surface area (Å²) in [6, 6.07) is 25.3. The third kappa shape index (κ3) is 5.34. The van der Waals surface area contributed by atoms with Gasteiger partial charge in [0.2, 0.25) is 11.9 Å². The van der Waals surface area contributed by atoms with Crippen LogP contribution in [0, 0.1) is 0 Å². The number of hydrogen-bond acceptors (Lipinski definition) is 5. The molecule has 5 aromatic rings. The van der Waals surface area contributed by atoms with Gasteiger partial charge in [-0.05, 0) is 34.6 Å². The number of amides is 1. The summed E-state index contributed by atoms with van der Waals surface area (Å²) in [5.41, 5.74) is 4.24. The Kier molecular flexibility index (Phi) is 6.86. The number of anilines is 1. The highest BCUT2D eigenvalue weighted by Gasteiger charge is 2.17. The van der Waals surface area contributed by atoms with Crippen molar-refractivity contribution in [2.45, 2.75) is 26.2 Å². The molecule has 3 heterocycles. The first kappa shape index (κ1) is 23.4. The molecule has 0 saturated carbocycles. The molecule has 0 unspecified atom stereocenters. The highest BCUT2D eigenvalue weighted by Crippen LogP contribution is 2.27. The van der Waals surface area contributed by atoms with E-state index >= 15 is 0 Å². The summed E-state index contributed by atoms with van der Waals surface area (Å²) in [7, 11) is 0. The van der Waals surface area contributed by atoms with Crippen LogP contribution in [0.25, 0.3) is 27.6 Å². The molecule has 7 nitrogen and oxygen atoms in total. The van der Waals surface area contributed by atoms with Gasteiger partial charge in [-0.15, -0.1) is 11.3 Å². The second-order valence-corrected chi connectivity index (χ2v) is 9.35. The lowest BCUT2D eigenvalue weighted by Crippen LogP contribution is -2.20. The molecule has 3 aromatic heterocycles. The van der Waals surface area contributed by atoms with Crippen molar-refractivity contribution in [2.24, 2.45) is 0 Å². The van der Waals surface area contributed by atoms with E-state index in [4.69, 9.17) is 0 Å². The van der Waals surface area contributed by atoms with E-state index in [1.807, 2.05) is 66.9 Å². The largest absolute Gasteiger partial charge is 0.310 e. The van der Waals surface area contributed by atoms with Gasteiger partial charge in [0.1, 0.15) is 11.5 Å². The fraction of sp³-hybridized carbons (Fsp3) is 0.143. The molecule has 36 heavy (non-hydrogen) atoms. The summed E-state index contributed by atoms with van der Waals surface area (Å²) >= 11 is 1.55.